The number of benzene rings is 1. The van der Waals surface area contributed by atoms with Crippen molar-refractivity contribution < 1.29 is 0 Å². The molecule has 0 aliphatic rings. The molecule has 2 aromatic rings. The van der Waals surface area contributed by atoms with Crippen LogP contribution in [0.2, 0.25) is 0 Å². The van der Waals surface area contributed by atoms with Crippen LogP contribution < -0.4 is 0 Å². The van der Waals surface area contributed by atoms with Gasteiger partial charge in [0.2, 0.25) is 0 Å². The summed E-state index contributed by atoms with van der Waals surface area (Å²) in [7, 11) is 0. The third-order valence-electron chi connectivity index (χ3n) is 2.27. The lowest BCUT2D eigenvalue weighted by molar-refractivity contribution is 1.08. The highest BCUT2D eigenvalue weighted by Gasteiger charge is 1.98. The predicted octanol–water partition coefficient (Wildman–Crippen LogP) is 3.30. The largest absolute Gasteiger partial charge is 0.299 e. The number of aromatic amines is 2. The van der Waals surface area contributed by atoms with E-state index in [1.54, 1.807) is 0 Å². The Morgan fingerprint density at radius 3 is 2.36 bits per heavy atom. The van der Waals surface area contributed by atoms with Gasteiger partial charge in [-0.2, -0.15) is 0 Å². The molecule has 2 rings (SSSR count). The Bertz CT molecular complexity index is 465. The van der Waals surface area contributed by atoms with E-state index in [1.807, 2.05) is 6.07 Å². The van der Waals surface area contributed by atoms with E-state index < -0.39 is 0 Å². The molecule has 0 saturated carbocycles. The third-order valence-corrected chi connectivity index (χ3v) is 2.49. The Labute approximate surface area is 88.0 Å². The van der Waals surface area contributed by atoms with Gasteiger partial charge in [0, 0.05) is 0 Å². The van der Waals surface area contributed by atoms with Gasteiger partial charge in [-0.3, -0.25) is 10.2 Å². The summed E-state index contributed by atoms with van der Waals surface area (Å²) in [5, 5.41) is 5.92. The van der Waals surface area contributed by atoms with Gasteiger partial charge >= 0.3 is 0 Å². The molecular weight excluding hydrogens is 192 g/mol. The summed E-state index contributed by atoms with van der Waals surface area (Å²) in [5.74, 6) is 0. The summed E-state index contributed by atoms with van der Waals surface area (Å²) in [5.41, 5.74) is 3.55. The molecule has 1 aromatic heterocycles. The van der Waals surface area contributed by atoms with Gasteiger partial charge in [0.05, 0.1) is 5.69 Å². The van der Waals surface area contributed by atoms with Crippen molar-refractivity contribution in [2.45, 2.75) is 13.3 Å². The van der Waals surface area contributed by atoms with Gasteiger partial charge in [-0.05, 0) is 23.6 Å². The number of aryl methyl sites for hydroxylation is 1. The Balaban J connectivity index is 2.38. The average Bonchev–Trinajstić information content (AvgIpc) is 2.65. The van der Waals surface area contributed by atoms with E-state index in [0.29, 0.717) is 0 Å². The summed E-state index contributed by atoms with van der Waals surface area (Å²) in [6.45, 7) is 2.15. The molecule has 72 valence electrons. The van der Waals surface area contributed by atoms with Crippen molar-refractivity contribution in [1.29, 1.82) is 0 Å². The third kappa shape index (κ3) is 1.77. The van der Waals surface area contributed by atoms with Crippen LogP contribution in [-0.4, -0.2) is 10.2 Å². The number of rotatable bonds is 2. The van der Waals surface area contributed by atoms with Gasteiger partial charge in [-0.15, -0.1) is 0 Å². The maximum absolute atomic E-state index is 4.99. The van der Waals surface area contributed by atoms with Gasteiger partial charge in [-0.25, -0.2) is 0 Å². The fourth-order valence-corrected chi connectivity index (χ4v) is 1.58. The van der Waals surface area contributed by atoms with Crippen LogP contribution in [-0.2, 0) is 6.42 Å². The SMILES string of the molecule is CCc1ccc(-c2cc(=S)[nH][nH]2)cc1. The zero-order valence-corrected chi connectivity index (χ0v) is 8.82. The van der Waals surface area contributed by atoms with Gasteiger partial charge < -0.3 is 0 Å². The molecule has 0 spiro atoms. The number of H-pyrrole nitrogens is 2. The Hall–Kier alpha value is -1.35. The van der Waals surface area contributed by atoms with Crippen molar-refractivity contribution in [1.82, 2.24) is 10.2 Å². The molecule has 1 aromatic carbocycles. The minimum Gasteiger partial charge on any atom is -0.299 e. The quantitative estimate of drug-likeness (QED) is 0.723. The van der Waals surface area contributed by atoms with E-state index in [4.69, 9.17) is 12.2 Å². The minimum atomic E-state index is 0.736. The Kier molecular flexibility index (Phi) is 2.50. The van der Waals surface area contributed by atoms with Crippen LogP contribution in [0.4, 0.5) is 0 Å². The molecule has 0 unspecified atom stereocenters. The van der Waals surface area contributed by atoms with E-state index in [0.717, 1.165) is 22.3 Å². The lowest BCUT2D eigenvalue weighted by Crippen LogP contribution is -1.81. The molecule has 0 aliphatic heterocycles. The second kappa shape index (κ2) is 3.80. The first kappa shape index (κ1) is 9.21. The molecule has 2 nitrogen and oxygen atoms in total. The summed E-state index contributed by atoms with van der Waals surface area (Å²) in [4.78, 5) is 0. The normalized spacial score (nSPS) is 10.4. The first-order chi connectivity index (χ1) is 6.79. The summed E-state index contributed by atoms with van der Waals surface area (Å²) < 4.78 is 0.736. The molecular formula is C11H12N2S. The number of nitrogens with one attached hydrogen (secondary N) is 2. The van der Waals surface area contributed by atoms with Crippen molar-refractivity contribution in [3.63, 3.8) is 0 Å². The van der Waals surface area contributed by atoms with Crippen LogP contribution in [0.15, 0.2) is 30.3 Å². The number of aromatic nitrogens is 2. The minimum absolute atomic E-state index is 0.736. The predicted molar refractivity (Wildman–Crippen MR) is 60.8 cm³/mol. The van der Waals surface area contributed by atoms with Gasteiger partial charge in [0.25, 0.3) is 0 Å². The monoisotopic (exact) mass is 204 g/mol. The fraction of sp³-hybridized carbons (Fsp3) is 0.182. The van der Waals surface area contributed by atoms with E-state index in [9.17, 15) is 0 Å². The van der Waals surface area contributed by atoms with E-state index >= 15 is 0 Å². The van der Waals surface area contributed by atoms with Crippen molar-refractivity contribution in [2.75, 3.05) is 0 Å². The maximum atomic E-state index is 4.99. The number of hydrogen-bond acceptors (Lipinski definition) is 1. The molecule has 0 aliphatic carbocycles. The maximum Gasteiger partial charge on any atom is 0.119 e. The zero-order valence-electron chi connectivity index (χ0n) is 8.00. The van der Waals surface area contributed by atoms with Gasteiger partial charge in [-0.1, -0.05) is 43.4 Å². The molecule has 14 heavy (non-hydrogen) atoms. The summed E-state index contributed by atoms with van der Waals surface area (Å²) >= 11 is 4.99. The van der Waals surface area contributed by atoms with Crippen molar-refractivity contribution in [3.05, 3.63) is 40.5 Å². The smallest absolute Gasteiger partial charge is 0.119 e. The lowest BCUT2D eigenvalue weighted by Gasteiger charge is -1.99. The fourth-order valence-electron chi connectivity index (χ4n) is 1.41. The second-order valence-corrected chi connectivity index (χ2v) is 3.66. The molecule has 1 heterocycles. The molecule has 0 fully saturated rings. The van der Waals surface area contributed by atoms with E-state index in [1.165, 1.54) is 5.56 Å². The van der Waals surface area contributed by atoms with Crippen LogP contribution in [0.5, 0.6) is 0 Å². The van der Waals surface area contributed by atoms with Gasteiger partial charge in [0.15, 0.2) is 0 Å². The lowest BCUT2D eigenvalue weighted by atomic mass is 10.1. The first-order valence-corrected chi connectivity index (χ1v) is 5.07. The van der Waals surface area contributed by atoms with Crippen molar-refractivity contribution in [3.8, 4) is 11.3 Å². The average molecular weight is 204 g/mol. The highest BCUT2D eigenvalue weighted by Crippen LogP contribution is 2.17. The van der Waals surface area contributed by atoms with Crippen LogP contribution >= 0.6 is 12.2 Å². The van der Waals surface area contributed by atoms with Crippen LogP contribution in [0, 0.1) is 4.64 Å². The molecule has 3 heteroatoms. The molecule has 0 radical (unpaired) electrons. The van der Waals surface area contributed by atoms with Crippen molar-refractivity contribution >= 4 is 12.2 Å². The van der Waals surface area contributed by atoms with Gasteiger partial charge in [0.1, 0.15) is 4.64 Å². The molecule has 0 saturated heterocycles. The highest BCUT2D eigenvalue weighted by atomic mass is 32.1. The first-order valence-electron chi connectivity index (χ1n) is 4.66. The molecule has 0 atom stereocenters. The zero-order chi connectivity index (χ0) is 9.97. The Morgan fingerprint density at radius 1 is 1.14 bits per heavy atom. The molecule has 0 amide bonds. The number of hydrogen-bond donors (Lipinski definition) is 2. The highest BCUT2D eigenvalue weighted by molar-refractivity contribution is 7.71. The van der Waals surface area contributed by atoms with E-state index in [-0.39, 0.29) is 0 Å². The van der Waals surface area contributed by atoms with Crippen LogP contribution in [0.25, 0.3) is 11.3 Å². The van der Waals surface area contributed by atoms with Crippen LogP contribution in [0.3, 0.4) is 0 Å². The second-order valence-electron chi connectivity index (χ2n) is 3.22. The van der Waals surface area contributed by atoms with Crippen LogP contribution in [0.1, 0.15) is 12.5 Å². The van der Waals surface area contributed by atoms with E-state index in [2.05, 4.69) is 41.4 Å². The van der Waals surface area contributed by atoms with Crippen molar-refractivity contribution in [2.24, 2.45) is 0 Å². The Morgan fingerprint density at radius 2 is 1.86 bits per heavy atom. The standard InChI is InChI=1S/C11H12N2S/c1-2-8-3-5-9(6-4-8)10-7-11(14)13-12-10/h3-7H,2H2,1H3,(H2,12,13,14). The summed E-state index contributed by atoms with van der Waals surface area (Å²) in [6, 6.07) is 10.4. The molecule has 0 bridgehead atoms. The topological polar surface area (TPSA) is 31.6 Å². The molecule has 2 N–H and O–H groups in total. The summed E-state index contributed by atoms with van der Waals surface area (Å²) in [6.07, 6.45) is 1.07.